The third kappa shape index (κ3) is 6.98. The third-order valence-electron chi connectivity index (χ3n) is 4.63. The molecule has 1 aliphatic heterocycles. The Hall–Kier alpha value is -2.04. The number of allylic oxidation sites excluding steroid dienone is 1. The van der Waals surface area contributed by atoms with E-state index in [0.717, 1.165) is 10.0 Å². The van der Waals surface area contributed by atoms with Gasteiger partial charge in [0.15, 0.2) is 0 Å². The van der Waals surface area contributed by atoms with Gasteiger partial charge in [-0.2, -0.15) is 9.41 Å². The molecule has 1 saturated heterocycles. The quantitative estimate of drug-likeness (QED) is 0.445. The summed E-state index contributed by atoms with van der Waals surface area (Å²) in [5.74, 6) is -0.287. The number of halogens is 2. The van der Waals surface area contributed by atoms with E-state index in [1.165, 1.54) is 10.5 Å². The van der Waals surface area contributed by atoms with E-state index in [0.29, 0.717) is 31.2 Å². The predicted octanol–water partition coefficient (Wildman–Crippen LogP) is 3.14. The Morgan fingerprint density at radius 1 is 1.06 bits per heavy atom. The molecule has 0 spiro atoms. The molecular formula is C21H22BrClN4O3S. The van der Waals surface area contributed by atoms with Gasteiger partial charge in [-0.3, -0.25) is 9.69 Å². The van der Waals surface area contributed by atoms with Crippen LogP contribution in [0.5, 0.6) is 0 Å². The van der Waals surface area contributed by atoms with Gasteiger partial charge in [-0.1, -0.05) is 57.9 Å². The van der Waals surface area contributed by atoms with Crippen LogP contribution in [0, 0.1) is 0 Å². The molecule has 0 atom stereocenters. The van der Waals surface area contributed by atoms with Crippen LogP contribution in [-0.4, -0.2) is 62.5 Å². The maximum Gasteiger partial charge on any atom is 0.254 e. The molecule has 0 saturated carbocycles. The Balaban J connectivity index is 1.45. The molecule has 31 heavy (non-hydrogen) atoms. The first kappa shape index (κ1) is 23.6. The predicted molar refractivity (Wildman–Crippen MR) is 126 cm³/mol. The van der Waals surface area contributed by atoms with Gasteiger partial charge in [0.2, 0.25) is 10.0 Å². The molecule has 0 bridgehead atoms. The fourth-order valence-corrected chi connectivity index (χ4v) is 4.90. The number of carbonyl (C=O) groups is 1. The Morgan fingerprint density at radius 3 is 2.35 bits per heavy atom. The van der Waals surface area contributed by atoms with E-state index in [9.17, 15) is 13.2 Å². The number of hydrazone groups is 1. The topological polar surface area (TPSA) is 82.1 Å². The van der Waals surface area contributed by atoms with Gasteiger partial charge in [0.1, 0.15) is 0 Å². The lowest BCUT2D eigenvalue weighted by molar-refractivity contribution is -0.122. The van der Waals surface area contributed by atoms with Crippen LogP contribution < -0.4 is 5.43 Å². The maximum absolute atomic E-state index is 12.7. The number of benzene rings is 2. The molecule has 1 heterocycles. The smallest absolute Gasteiger partial charge is 0.254 e. The summed E-state index contributed by atoms with van der Waals surface area (Å²) in [5.41, 5.74) is 3.38. The molecule has 0 aliphatic carbocycles. The number of amides is 1. The fraction of sp³-hybridized carbons (Fsp3) is 0.238. The number of piperazine rings is 1. The summed E-state index contributed by atoms with van der Waals surface area (Å²) in [6.45, 7) is 1.69. The number of nitrogens with one attached hydrogen (secondary N) is 1. The number of rotatable bonds is 7. The van der Waals surface area contributed by atoms with Gasteiger partial charge in [-0.05, 0) is 35.9 Å². The zero-order valence-corrected chi connectivity index (χ0v) is 19.8. The van der Waals surface area contributed by atoms with E-state index in [2.05, 4.69) is 26.5 Å². The third-order valence-corrected chi connectivity index (χ3v) is 7.28. The van der Waals surface area contributed by atoms with E-state index in [1.807, 2.05) is 35.2 Å². The first-order valence-corrected chi connectivity index (χ1v) is 12.2. The summed E-state index contributed by atoms with van der Waals surface area (Å²) in [6.07, 6.45) is 3.11. The summed E-state index contributed by atoms with van der Waals surface area (Å²) in [5, 5.41) is 4.26. The molecule has 1 fully saturated rings. The van der Waals surface area contributed by atoms with Crippen molar-refractivity contribution in [3.05, 3.63) is 69.7 Å². The van der Waals surface area contributed by atoms with Crippen molar-refractivity contribution in [1.29, 1.82) is 0 Å². The Morgan fingerprint density at radius 2 is 1.71 bits per heavy atom. The van der Waals surface area contributed by atoms with Gasteiger partial charge in [-0.25, -0.2) is 13.8 Å². The Labute approximate surface area is 195 Å². The van der Waals surface area contributed by atoms with Crippen molar-refractivity contribution >= 4 is 55.8 Å². The molecule has 0 aromatic heterocycles. The molecule has 1 aliphatic rings. The summed E-state index contributed by atoms with van der Waals surface area (Å²) in [7, 11) is -3.54. The van der Waals surface area contributed by atoms with Crippen molar-refractivity contribution in [2.75, 3.05) is 32.7 Å². The minimum absolute atomic E-state index is 0.129. The van der Waals surface area contributed by atoms with Crippen LogP contribution in [-0.2, 0) is 14.8 Å². The molecular weight excluding hydrogens is 504 g/mol. The Kier molecular flexibility index (Phi) is 8.39. The average molecular weight is 526 g/mol. The summed E-state index contributed by atoms with van der Waals surface area (Å²) < 4.78 is 27.7. The molecule has 2 aromatic rings. The molecule has 7 nitrogen and oxygen atoms in total. The lowest BCUT2D eigenvalue weighted by Gasteiger charge is -2.33. The highest BCUT2D eigenvalue weighted by Crippen LogP contribution is 2.20. The van der Waals surface area contributed by atoms with Crippen LogP contribution in [0.2, 0.25) is 0 Å². The minimum atomic E-state index is -3.54. The lowest BCUT2D eigenvalue weighted by Crippen LogP contribution is -2.50. The summed E-state index contributed by atoms with van der Waals surface area (Å²) in [4.78, 5) is 14.3. The van der Waals surface area contributed by atoms with Crippen molar-refractivity contribution in [1.82, 2.24) is 14.6 Å². The molecule has 1 N–H and O–H groups in total. The number of hydrogen-bond acceptors (Lipinski definition) is 5. The van der Waals surface area contributed by atoms with Crippen molar-refractivity contribution in [2.24, 2.45) is 5.10 Å². The first-order chi connectivity index (χ1) is 14.8. The summed E-state index contributed by atoms with van der Waals surface area (Å²) >= 11 is 9.40. The molecule has 164 valence electrons. The highest BCUT2D eigenvalue weighted by Gasteiger charge is 2.28. The molecule has 0 radical (unpaired) electrons. The van der Waals surface area contributed by atoms with E-state index in [-0.39, 0.29) is 17.3 Å². The van der Waals surface area contributed by atoms with Crippen LogP contribution in [0.1, 0.15) is 5.56 Å². The van der Waals surface area contributed by atoms with Crippen LogP contribution in [0.3, 0.4) is 0 Å². The van der Waals surface area contributed by atoms with Gasteiger partial charge in [0.25, 0.3) is 5.91 Å². The number of carbonyl (C=O) groups excluding carboxylic acids is 1. The highest BCUT2D eigenvalue weighted by atomic mass is 79.9. The average Bonchev–Trinajstić information content (AvgIpc) is 2.75. The lowest BCUT2D eigenvalue weighted by atomic mass is 10.2. The van der Waals surface area contributed by atoms with Gasteiger partial charge in [0.05, 0.1) is 22.7 Å². The zero-order chi connectivity index (χ0) is 22.3. The van der Waals surface area contributed by atoms with E-state index in [1.54, 1.807) is 30.3 Å². The normalized spacial score (nSPS) is 16.5. The van der Waals surface area contributed by atoms with E-state index >= 15 is 0 Å². The SMILES string of the molecule is O=C(CN1CCN(S(=O)(=O)c2ccc(Br)cc2)CC1)N/N=C/C(Cl)=C/c1ccccc1. The van der Waals surface area contributed by atoms with E-state index < -0.39 is 10.0 Å². The highest BCUT2D eigenvalue weighted by molar-refractivity contribution is 9.10. The minimum Gasteiger partial charge on any atom is -0.292 e. The van der Waals surface area contributed by atoms with Crippen molar-refractivity contribution < 1.29 is 13.2 Å². The Bertz CT molecular complexity index is 1050. The monoisotopic (exact) mass is 524 g/mol. The molecule has 0 unspecified atom stereocenters. The van der Waals surface area contributed by atoms with E-state index in [4.69, 9.17) is 11.6 Å². The van der Waals surface area contributed by atoms with Crippen LogP contribution in [0.25, 0.3) is 6.08 Å². The zero-order valence-electron chi connectivity index (χ0n) is 16.6. The van der Waals surface area contributed by atoms with Crippen LogP contribution >= 0.6 is 27.5 Å². The van der Waals surface area contributed by atoms with Crippen molar-refractivity contribution in [3.8, 4) is 0 Å². The number of hydrogen-bond donors (Lipinski definition) is 1. The van der Waals surface area contributed by atoms with Gasteiger partial charge >= 0.3 is 0 Å². The molecule has 1 amide bonds. The first-order valence-electron chi connectivity index (χ1n) is 9.57. The van der Waals surface area contributed by atoms with Crippen molar-refractivity contribution in [3.63, 3.8) is 0 Å². The van der Waals surface area contributed by atoms with Crippen LogP contribution in [0.15, 0.2) is 74.1 Å². The molecule has 2 aromatic carbocycles. The second kappa shape index (κ2) is 11.0. The number of nitrogens with zero attached hydrogens (tertiary/aromatic N) is 3. The standard InChI is InChI=1S/C21H22BrClN4O3S/c22-18-6-8-20(9-7-18)31(29,30)27-12-10-26(11-13-27)16-21(28)25-24-15-19(23)14-17-4-2-1-3-5-17/h1-9,14-15H,10-13,16H2,(H,25,28)/b19-14-,24-15+. The fourth-order valence-electron chi connectivity index (χ4n) is 3.03. The van der Waals surface area contributed by atoms with Crippen molar-refractivity contribution in [2.45, 2.75) is 4.90 Å². The largest absolute Gasteiger partial charge is 0.292 e. The number of sulfonamides is 1. The molecule has 10 heteroatoms. The van der Waals surface area contributed by atoms with Gasteiger partial charge in [-0.15, -0.1) is 0 Å². The summed E-state index contributed by atoms with van der Waals surface area (Å²) in [6, 6.07) is 16.1. The maximum atomic E-state index is 12.7. The van der Waals surface area contributed by atoms with Crippen LogP contribution in [0.4, 0.5) is 0 Å². The second-order valence-corrected chi connectivity index (χ2v) is 10.2. The van der Waals surface area contributed by atoms with Gasteiger partial charge in [0, 0.05) is 30.7 Å². The van der Waals surface area contributed by atoms with Gasteiger partial charge < -0.3 is 0 Å². The second-order valence-electron chi connectivity index (χ2n) is 6.87. The molecule has 3 rings (SSSR count).